The minimum absolute atomic E-state index is 0.103. The Labute approximate surface area is 130 Å². The first-order valence-electron chi connectivity index (χ1n) is 6.76. The smallest absolute Gasteiger partial charge is 0.373 e. The van der Waals surface area contributed by atoms with Gasteiger partial charge in [0.25, 0.3) is 5.56 Å². The summed E-state index contributed by atoms with van der Waals surface area (Å²) >= 11 is 1.43. The van der Waals surface area contributed by atoms with Gasteiger partial charge in [-0.15, -0.1) is 11.3 Å². The van der Waals surface area contributed by atoms with Gasteiger partial charge in [-0.2, -0.15) is 0 Å². The molecule has 0 aliphatic rings. The molecule has 3 rings (SSSR count). The standard InChI is InChI=1S/C15H14N2O4S/c1-3-11-9(6-12(21-11)15(19)20-2)7-17-8-16-13-10(14(17)18)4-5-22-13/h4-6,8H,3,7H2,1-2H3. The molecule has 114 valence electrons. The normalized spacial score (nSPS) is 11.0. The van der Waals surface area contributed by atoms with Crippen molar-refractivity contribution < 1.29 is 13.9 Å². The van der Waals surface area contributed by atoms with Gasteiger partial charge in [0.15, 0.2) is 0 Å². The van der Waals surface area contributed by atoms with E-state index in [4.69, 9.17) is 4.42 Å². The van der Waals surface area contributed by atoms with Crippen LogP contribution in [0, 0.1) is 0 Å². The molecule has 0 bridgehead atoms. The first-order valence-corrected chi connectivity index (χ1v) is 7.64. The molecule has 0 fully saturated rings. The topological polar surface area (TPSA) is 74.3 Å². The molecular weight excluding hydrogens is 304 g/mol. The molecule has 3 aromatic heterocycles. The Morgan fingerprint density at radius 2 is 2.32 bits per heavy atom. The Balaban J connectivity index is 2.00. The third-order valence-electron chi connectivity index (χ3n) is 3.40. The van der Waals surface area contributed by atoms with Crippen LogP contribution in [0.4, 0.5) is 0 Å². The predicted octanol–water partition coefficient (Wildman–Crippen LogP) is 2.45. The van der Waals surface area contributed by atoms with E-state index in [1.807, 2.05) is 12.3 Å². The highest BCUT2D eigenvalue weighted by Crippen LogP contribution is 2.19. The van der Waals surface area contributed by atoms with Crippen LogP contribution in [0.15, 0.2) is 33.1 Å². The summed E-state index contributed by atoms with van der Waals surface area (Å²) in [7, 11) is 1.30. The minimum atomic E-state index is -0.528. The number of aromatic nitrogens is 2. The molecule has 0 spiro atoms. The summed E-state index contributed by atoms with van der Waals surface area (Å²) in [6.07, 6.45) is 2.14. The van der Waals surface area contributed by atoms with Crippen LogP contribution in [-0.4, -0.2) is 22.6 Å². The van der Waals surface area contributed by atoms with Gasteiger partial charge in [0.05, 0.1) is 25.4 Å². The molecule has 0 aliphatic heterocycles. The third-order valence-corrected chi connectivity index (χ3v) is 4.22. The maximum absolute atomic E-state index is 12.4. The van der Waals surface area contributed by atoms with Crippen LogP contribution in [0.25, 0.3) is 10.2 Å². The van der Waals surface area contributed by atoms with Gasteiger partial charge < -0.3 is 9.15 Å². The molecule has 3 aromatic rings. The summed E-state index contributed by atoms with van der Waals surface area (Å²) in [5.41, 5.74) is 0.676. The van der Waals surface area contributed by atoms with E-state index >= 15 is 0 Å². The van der Waals surface area contributed by atoms with E-state index in [2.05, 4.69) is 9.72 Å². The van der Waals surface area contributed by atoms with Gasteiger partial charge in [0.2, 0.25) is 5.76 Å². The highest BCUT2D eigenvalue weighted by atomic mass is 32.1. The zero-order valence-electron chi connectivity index (χ0n) is 12.2. The Morgan fingerprint density at radius 1 is 1.50 bits per heavy atom. The number of carbonyl (C=O) groups excluding carboxylic acids is 1. The van der Waals surface area contributed by atoms with Crippen LogP contribution >= 0.6 is 11.3 Å². The lowest BCUT2D eigenvalue weighted by atomic mass is 10.2. The molecule has 0 amide bonds. The predicted molar refractivity (Wildman–Crippen MR) is 82.4 cm³/mol. The van der Waals surface area contributed by atoms with Crippen molar-refractivity contribution in [1.82, 2.24) is 9.55 Å². The highest BCUT2D eigenvalue weighted by molar-refractivity contribution is 7.16. The number of carbonyl (C=O) groups is 1. The molecular formula is C15H14N2O4S. The lowest BCUT2D eigenvalue weighted by molar-refractivity contribution is 0.0563. The Morgan fingerprint density at radius 3 is 3.05 bits per heavy atom. The van der Waals surface area contributed by atoms with Crippen LogP contribution in [0.1, 0.15) is 28.8 Å². The van der Waals surface area contributed by atoms with Crippen molar-refractivity contribution in [1.29, 1.82) is 0 Å². The minimum Gasteiger partial charge on any atom is -0.463 e. The summed E-state index contributed by atoms with van der Waals surface area (Å²) in [4.78, 5) is 28.9. The number of rotatable bonds is 4. The van der Waals surface area contributed by atoms with Crippen LogP contribution in [0.5, 0.6) is 0 Å². The average Bonchev–Trinajstić information content (AvgIpc) is 3.16. The zero-order valence-corrected chi connectivity index (χ0v) is 13.0. The number of nitrogens with zero attached hydrogens (tertiary/aromatic N) is 2. The number of hydrogen-bond donors (Lipinski definition) is 0. The first-order chi connectivity index (χ1) is 10.6. The van der Waals surface area contributed by atoms with Crippen molar-refractivity contribution in [2.75, 3.05) is 7.11 Å². The van der Waals surface area contributed by atoms with Gasteiger partial charge >= 0.3 is 5.97 Å². The van der Waals surface area contributed by atoms with E-state index < -0.39 is 5.97 Å². The number of methoxy groups -OCH3 is 1. The van der Waals surface area contributed by atoms with Crippen molar-refractivity contribution in [3.05, 3.63) is 51.3 Å². The lowest BCUT2D eigenvalue weighted by Crippen LogP contribution is -2.20. The Bertz CT molecular complexity index is 890. The summed E-state index contributed by atoms with van der Waals surface area (Å²) < 4.78 is 11.7. The molecule has 22 heavy (non-hydrogen) atoms. The first kappa shape index (κ1) is 14.5. The Kier molecular flexibility index (Phi) is 3.81. The van der Waals surface area contributed by atoms with Gasteiger partial charge in [0, 0.05) is 12.0 Å². The molecule has 7 heteroatoms. The van der Waals surface area contributed by atoms with Crippen LogP contribution in [-0.2, 0) is 17.7 Å². The molecule has 0 radical (unpaired) electrons. The summed E-state index contributed by atoms with van der Waals surface area (Å²) in [5, 5.41) is 2.44. The second-order valence-electron chi connectivity index (χ2n) is 4.72. The monoisotopic (exact) mass is 318 g/mol. The molecule has 0 saturated heterocycles. The van der Waals surface area contributed by atoms with Gasteiger partial charge in [0.1, 0.15) is 10.6 Å². The van der Waals surface area contributed by atoms with E-state index in [1.54, 1.807) is 12.1 Å². The fourth-order valence-corrected chi connectivity index (χ4v) is 3.01. The van der Waals surface area contributed by atoms with Crippen LogP contribution < -0.4 is 5.56 Å². The second kappa shape index (κ2) is 5.76. The fraction of sp³-hybridized carbons (Fsp3) is 0.267. The SMILES string of the molecule is CCc1oc(C(=O)OC)cc1Cn1cnc2sccc2c1=O. The highest BCUT2D eigenvalue weighted by Gasteiger charge is 2.17. The van der Waals surface area contributed by atoms with Gasteiger partial charge in [-0.05, 0) is 17.5 Å². The van der Waals surface area contributed by atoms with Crippen molar-refractivity contribution in [3.8, 4) is 0 Å². The van der Waals surface area contributed by atoms with E-state index in [-0.39, 0.29) is 11.3 Å². The van der Waals surface area contributed by atoms with Crippen molar-refractivity contribution in [2.45, 2.75) is 19.9 Å². The zero-order chi connectivity index (χ0) is 15.7. The second-order valence-corrected chi connectivity index (χ2v) is 5.62. The third kappa shape index (κ3) is 2.43. The van der Waals surface area contributed by atoms with E-state index in [9.17, 15) is 9.59 Å². The van der Waals surface area contributed by atoms with Crippen molar-refractivity contribution in [2.24, 2.45) is 0 Å². The summed E-state index contributed by atoms with van der Waals surface area (Å²) in [6.45, 7) is 2.23. The van der Waals surface area contributed by atoms with E-state index in [0.717, 1.165) is 10.4 Å². The van der Waals surface area contributed by atoms with Gasteiger partial charge in [-0.3, -0.25) is 9.36 Å². The van der Waals surface area contributed by atoms with Crippen LogP contribution in [0.3, 0.4) is 0 Å². The number of hydrogen-bond acceptors (Lipinski definition) is 6. The van der Waals surface area contributed by atoms with Gasteiger partial charge in [-0.1, -0.05) is 6.92 Å². The molecule has 0 atom stereocenters. The maximum atomic E-state index is 12.4. The summed E-state index contributed by atoms with van der Waals surface area (Å²) in [5.74, 6) is 0.282. The lowest BCUT2D eigenvalue weighted by Gasteiger charge is -2.04. The number of esters is 1. The van der Waals surface area contributed by atoms with Crippen molar-refractivity contribution in [3.63, 3.8) is 0 Å². The average molecular weight is 318 g/mol. The number of aryl methyl sites for hydroxylation is 1. The van der Waals surface area contributed by atoms with Crippen molar-refractivity contribution >= 4 is 27.5 Å². The summed E-state index contributed by atoms with van der Waals surface area (Å²) in [6, 6.07) is 3.39. The molecule has 0 saturated carbocycles. The van der Waals surface area contributed by atoms with E-state index in [0.29, 0.717) is 24.1 Å². The molecule has 6 nitrogen and oxygen atoms in total. The number of ether oxygens (including phenoxy) is 1. The molecule has 0 unspecified atom stereocenters. The molecule has 0 aromatic carbocycles. The Hall–Kier alpha value is -2.41. The van der Waals surface area contributed by atoms with Crippen LogP contribution in [0.2, 0.25) is 0 Å². The molecule has 0 aliphatic carbocycles. The molecule has 3 heterocycles. The fourth-order valence-electron chi connectivity index (χ4n) is 2.29. The van der Waals surface area contributed by atoms with E-state index in [1.165, 1.54) is 29.3 Å². The largest absolute Gasteiger partial charge is 0.463 e. The maximum Gasteiger partial charge on any atom is 0.373 e. The van der Waals surface area contributed by atoms with Gasteiger partial charge in [-0.25, -0.2) is 9.78 Å². The molecule has 0 N–H and O–H groups in total. The number of thiophene rings is 1. The number of furan rings is 1. The quantitative estimate of drug-likeness (QED) is 0.691. The number of fused-ring (bicyclic) bond motifs is 1.